The van der Waals surface area contributed by atoms with E-state index in [1.165, 1.54) is 36.8 Å². The molecule has 0 saturated heterocycles. The molecule has 112 valence electrons. The zero-order valence-electron chi connectivity index (χ0n) is 13.1. The molecule has 3 heteroatoms. The number of aromatic nitrogens is 2. The average molecular weight is 283 g/mol. The zero-order chi connectivity index (χ0) is 14.7. The minimum absolute atomic E-state index is 0.411. The normalized spacial score (nSPS) is 15.7. The van der Waals surface area contributed by atoms with Gasteiger partial charge in [0.25, 0.3) is 0 Å². The zero-order valence-corrected chi connectivity index (χ0v) is 13.1. The van der Waals surface area contributed by atoms with E-state index < -0.39 is 0 Å². The third kappa shape index (κ3) is 3.53. The third-order valence-corrected chi connectivity index (χ3v) is 4.50. The van der Waals surface area contributed by atoms with E-state index >= 15 is 0 Å². The van der Waals surface area contributed by atoms with Crippen molar-refractivity contribution in [2.75, 3.05) is 6.54 Å². The Balaban J connectivity index is 1.56. The molecule has 1 N–H and O–H groups in total. The number of fused-ring (bicyclic) bond motifs is 1. The Kier molecular flexibility index (Phi) is 4.39. The van der Waals surface area contributed by atoms with E-state index in [0.717, 1.165) is 13.0 Å². The van der Waals surface area contributed by atoms with Crippen LogP contribution >= 0.6 is 0 Å². The Morgan fingerprint density at radius 2 is 2.05 bits per heavy atom. The molecule has 1 atom stereocenters. The number of hydrogen-bond donors (Lipinski definition) is 1. The van der Waals surface area contributed by atoms with Crippen molar-refractivity contribution in [2.45, 2.75) is 45.1 Å². The van der Waals surface area contributed by atoms with Crippen molar-refractivity contribution in [3.05, 3.63) is 52.8 Å². The predicted octanol–water partition coefficient (Wildman–Crippen LogP) is 3.19. The fraction of sp³-hybridized carbons (Fsp3) is 0.500. The Morgan fingerprint density at radius 3 is 2.81 bits per heavy atom. The summed E-state index contributed by atoms with van der Waals surface area (Å²) in [4.78, 5) is 0. The Hall–Kier alpha value is -1.61. The predicted molar refractivity (Wildman–Crippen MR) is 86.4 cm³/mol. The molecule has 0 fully saturated rings. The summed E-state index contributed by atoms with van der Waals surface area (Å²) < 4.78 is 1.86. The van der Waals surface area contributed by atoms with E-state index in [1.807, 2.05) is 17.9 Å². The van der Waals surface area contributed by atoms with Gasteiger partial charge in [-0.25, -0.2) is 0 Å². The molecule has 0 saturated carbocycles. The maximum atomic E-state index is 4.21. The number of nitrogens with one attached hydrogen (secondary N) is 1. The highest BCUT2D eigenvalue weighted by molar-refractivity contribution is 5.35. The summed E-state index contributed by atoms with van der Waals surface area (Å²) in [6, 6.07) is 7.46. The quantitative estimate of drug-likeness (QED) is 0.913. The van der Waals surface area contributed by atoms with Crippen molar-refractivity contribution in [1.82, 2.24) is 15.1 Å². The number of hydrogen-bond acceptors (Lipinski definition) is 2. The summed E-state index contributed by atoms with van der Waals surface area (Å²) in [5, 5.41) is 7.84. The highest BCUT2D eigenvalue weighted by Gasteiger charge is 2.12. The van der Waals surface area contributed by atoms with Crippen molar-refractivity contribution in [3.8, 4) is 0 Å². The van der Waals surface area contributed by atoms with Crippen LogP contribution in [0, 0.1) is 0 Å². The molecule has 2 aromatic rings. The van der Waals surface area contributed by atoms with E-state index in [4.69, 9.17) is 0 Å². The summed E-state index contributed by atoms with van der Waals surface area (Å²) in [5.41, 5.74) is 5.84. The largest absolute Gasteiger partial charge is 0.310 e. The van der Waals surface area contributed by atoms with E-state index in [0.29, 0.717) is 6.04 Å². The van der Waals surface area contributed by atoms with Gasteiger partial charge >= 0.3 is 0 Å². The van der Waals surface area contributed by atoms with Crippen LogP contribution in [0.1, 0.15) is 48.1 Å². The summed E-state index contributed by atoms with van der Waals surface area (Å²) in [5.74, 6) is 0. The van der Waals surface area contributed by atoms with Crippen LogP contribution in [0.15, 0.2) is 30.6 Å². The number of nitrogens with zero attached hydrogens (tertiary/aromatic N) is 2. The maximum absolute atomic E-state index is 4.21. The fourth-order valence-electron chi connectivity index (χ4n) is 3.17. The van der Waals surface area contributed by atoms with E-state index in [2.05, 4.69) is 41.7 Å². The lowest BCUT2D eigenvalue weighted by atomic mass is 9.89. The standard InChI is InChI=1S/C18H25N3/c1-14(19-10-9-15-12-20-21(2)13-15)17-8-7-16-5-3-4-6-18(16)11-17/h7-8,11-14,19H,3-6,9-10H2,1-2H3. The molecule has 0 amide bonds. The summed E-state index contributed by atoms with van der Waals surface area (Å²) in [7, 11) is 1.96. The van der Waals surface area contributed by atoms with Crippen molar-refractivity contribution in [3.63, 3.8) is 0 Å². The molecule has 0 spiro atoms. The first-order valence-electron chi connectivity index (χ1n) is 8.05. The van der Waals surface area contributed by atoms with Gasteiger partial charge in [-0.05, 0) is 67.8 Å². The molecular weight excluding hydrogens is 258 g/mol. The maximum Gasteiger partial charge on any atom is 0.0522 e. The molecule has 0 bridgehead atoms. The minimum Gasteiger partial charge on any atom is -0.310 e. The molecule has 1 aliphatic rings. The molecule has 1 heterocycles. The van der Waals surface area contributed by atoms with Crippen molar-refractivity contribution in [1.29, 1.82) is 0 Å². The van der Waals surface area contributed by atoms with Crippen LogP contribution in [0.3, 0.4) is 0 Å². The van der Waals surface area contributed by atoms with Crippen molar-refractivity contribution < 1.29 is 0 Å². The first kappa shape index (κ1) is 14.3. The molecule has 21 heavy (non-hydrogen) atoms. The van der Waals surface area contributed by atoms with E-state index in [1.54, 1.807) is 11.1 Å². The molecule has 0 aliphatic heterocycles. The minimum atomic E-state index is 0.411. The number of benzene rings is 1. The fourth-order valence-corrected chi connectivity index (χ4v) is 3.17. The molecular formula is C18H25N3. The summed E-state index contributed by atoms with van der Waals surface area (Å²) >= 11 is 0. The lowest BCUT2D eigenvalue weighted by Crippen LogP contribution is -2.21. The van der Waals surface area contributed by atoms with Crippen LogP contribution in [-0.4, -0.2) is 16.3 Å². The Bertz CT molecular complexity index is 600. The van der Waals surface area contributed by atoms with Crippen LogP contribution in [0.4, 0.5) is 0 Å². The van der Waals surface area contributed by atoms with Crippen LogP contribution in [0.5, 0.6) is 0 Å². The number of aryl methyl sites for hydroxylation is 3. The molecule has 3 nitrogen and oxygen atoms in total. The van der Waals surface area contributed by atoms with Gasteiger partial charge in [0.2, 0.25) is 0 Å². The lowest BCUT2D eigenvalue weighted by molar-refractivity contribution is 0.574. The second kappa shape index (κ2) is 6.44. The second-order valence-corrected chi connectivity index (χ2v) is 6.18. The van der Waals surface area contributed by atoms with Crippen LogP contribution in [-0.2, 0) is 26.3 Å². The van der Waals surface area contributed by atoms with Gasteiger partial charge in [-0.2, -0.15) is 5.10 Å². The van der Waals surface area contributed by atoms with Gasteiger partial charge in [-0.15, -0.1) is 0 Å². The van der Waals surface area contributed by atoms with Gasteiger partial charge in [-0.1, -0.05) is 18.2 Å². The Labute approximate surface area is 127 Å². The van der Waals surface area contributed by atoms with E-state index in [9.17, 15) is 0 Å². The first-order valence-corrected chi connectivity index (χ1v) is 8.05. The summed E-state index contributed by atoms with van der Waals surface area (Å²) in [6.07, 6.45) is 10.3. The molecule has 3 rings (SSSR count). The van der Waals surface area contributed by atoms with Crippen LogP contribution in [0.25, 0.3) is 0 Å². The third-order valence-electron chi connectivity index (χ3n) is 4.50. The Morgan fingerprint density at radius 1 is 1.24 bits per heavy atom. The van der Waals surface area contributed by atoms with Crippen molar-refractivity contribution >= 4 is 0 Å². The highest BCUT2D eigenvalue weighted by atomic mass is 15.2. The van der Waals surface area contributed by atoms with Crippen LogP contribution in [0.2, 0.25) is 0 Å². The lowest BCUT2D eigenvalue weighted by Gasteiger charge is -2.20. The molecule has 1 aromatic heterocycles. The topological polar surface area (TPSA) is 29.9 Å². The molecule has 1 aromatic carbocycles. The van der Waals surface area contributed by atoms with Gasteiger partial charge in [0, 0.05) is 19.3 Å². The second-order valence-electron chi connectivity index (χ2n) is 6.18. The average Bonchev–Trinajstić information content (AvgIpc) is 2.92. The van der Waals surface area contributed by atoms with Gasteiger partial charge < -0.3 is 5.32 Å². The SMILES string of the molecule is CC(NCCc1cnn(C)c1)c1ccc2c(c1)CCCC2. The smallest absolute Gasteiger partial charge is 0.0522 e. The van der Waals surface area contributed by atoms with Gasteiger partial charge in [0.05, 0.1) is 6.20 Å². The molecule has 1 aliphatic carbocycles. The molecule has 1 unspecified atom stereocenters. The van der Waals surface area contributed by atoms with E-state index in [-0.39, 0.29) is 0 Å². The summed E-state index contributed by atoms with van der Waals surface area (Å²) in [6.45, 7) is 3.25. The monoisotopic (exact) mass is 283 g/mol. The van der Waals surface area contributed by atoms with Crippen LogP contribution < -0.4 is 5.32 Å². The van der Waals surface area contributed by atoms with Gasteiger partial charge in [0.15, 0.2) is 0 Å². The van der Waals surface area contributed by atoms with Crippen molar-refractivity contribution in [2.24, 2.45) is 7.05 Å². The highest BCUT2D eigenvalue weighted by Crippen LogP contribution is 2.24. The first-order chi connectivity index (χ1) is 10.2. The molecule has 0 radical (unpaired) electrons. The van der Waals surface area contributed by atoms with Gasteiger partial charge in [-0.3, -0.25) is 4.68 Å². The number of rotatable bonds is 5. The van der Waals surface area contributed by atoms with Gasteiger partial charge in [0.1, 0.15) is 0 Å².